The summed E-state index contributed by atoms with van der Waals surface area (Å²) < 4.78 is 2.64. The first-order valence-corrected chi connectivity index (χ1v) is 9.22. The van der Waals surface area contributed by atoms with E-state index in [1.165, 1.54) is 15.5 Å². The fourth-order valence-electron chi connectivity index (χ4n) is 4.18. The highest BCUT2D eigenvalue weighted by molar-refractivity contribution is 5.94. The van der Waals surface area contributed by atoms with Gasteiger partial charge in [0.05, 0.1) is 6.20 Å². The maximum Gasteiger partial charge on any atom is 0.293 e. The minimum absolute atomic E-state index is 0.0818. The van der Waals surface area contributed by atoms with E-state index >= 15 is 0 Å². The Morgan fingerprint density at radius 2 is 2.07 bits per heavy atom. The number of anilines is 1. The molecule has 1 fully saturated rings. The third kappa shape index (κ3) is 2.73. The molecule has 138 valence electrons. The van der Waals surface area contributed by atoms with E-state index in [4.69, 9.17) is 0 Å². The molecule has 2 aliphatic heterocycles. The lowest BCUT2D eigenvalue weighted by molar-refractivity contribution is -0.119. The van der Waals surface area contributed by atoms with Gasteiger partial charge >= 0.3 is 0 Å². The van der Waals surface area contributed by atoms with Crippen LogP contribution in [0.1, 0.15) is 18.4 Å². The first-order chi connectivity index (χ1) is 13.2. The zero-order chi connectivity index (χ0) is 18.4. The molecule has 0 aliphatic carbocycles. The Labute approximate surface area is 155 Å². The summed E-state index contributed by atoms with van der Waals surface area (Å²) in [5.41, 5.74) is 2.20. The SMILES string of the molecule is O=C(Cn1ncn2nccc2c1=O)N1CC2CCCN2Cc2ccccc21. The van der Waals surface area contributed by atoms with Crippen molar-refractivity contribution in [1.82, 2.24) is 24.3 Å². The van der Waals surface area contributed by atoms with E-state index in [-0.39, 0.29) is 18.0 Å². The van der Waals surface area contributed by atoms with Gasteiger partial charge in [0, 0.05) is 24.8 Å². The number of hydrogen-bond acceptors (Lipinski definition) is 5. The number of benzene rings is 1. The topological polar surface area (TPSA) is 75.7 Å². The number of para-hydroxylation sites is 1. The first-order valence-electron chi connectivity index (χ1n) is 9.22. The predicted octanol–water partition coefficient (Wildman–Crippen LogP) is 0.902. The summed E-state index contributed by atoms with van der Waals surface area (Å²) in [6.45, 7) is 2.51. The van der Waals surface area contributed by atoms with E-state index in [0.29, 0.717) is 18.1 Å². The molecule has 8 nitrogen and oxygen atoms in total. The Bertz CT molecular complexity index is 1070. The van der Waals surface area contributed by atoms with Crippen molar-refractivity contribution in [2.45, 2.75) is 32.0 Å². The molecule has 4 heterocycles. The van der Waals surface area contributed by atoms with Gasteiger partial charge in [-0.25, -0.2) is 9.20 Å². The van der Waals surface area contributed by atoms with Crippen LogP contribution in [-0.4, -0.2) is 49.3 Å². The Morgan fingerprint density at radius 3 is 3.00 bits per heavy atom. The highest BCUT2D eigenvalue weighted by Crippen LogP contribution is 2.31. The minimum Gasteiger partial charge on any atom is -0.309 e. The molecule has 5 rings (SSSR count). The van der Waals surface area contributed by atoms with E-state index in [1.54, 1.807) is 12.3 Å². The zero-order valence-corrected chi connectivity index (χ0v) is 14.9. The summed E-state index contributed by atoms with van der Waals surface area (Å²) in [4.78, 5) is 30.0. The number of rotatable bonds is 2. The molecule has 3 aromatic rings. The summed E-state index contributed by atoms with van der Waals surface area (Å²) in [7, 11) is 0. The maximum atomic E-state index is 13.2. The second-order valence-corrected chi connectivity index (χ2v) is 7.15. The summed E-state index contributed by atoms with van der Waals surface area (Å²) in [6, 6.07) is 10.0. The lowest BCUT2D eigenvalue weighted by Crippen LogP contribution is -2.43. The van der Waals surface area contributed by atoms with Crippen LogP contribution in [0.5, 0.6) is 0 Å². The summed E-state index contributed by atoms with van der Waals surface area (Å²) in [6.07, 6.45) is 5.26. The highest BCUT2D eigenvalue weighted by atomic mass is 16.2. The summed E-state index contributed by atoms with van der Waals surface area (Å²) >= 11 is 0. The molecule has 0 saturated carbocycles. The van der Waals surface area contributed by atoms with Gasteiger partial charge in [0.25, 0.3) is 5.56 Å². The van der Waals surface area contributed by atoms with Crippen molar-refractivity contribution in [3.8, 4) is 0 Å². The molecule has 0 bridgehead atoms. The van der Waals surface area contributed by atoms with E-state index in [9.17, 15) is 9.59 Å². The van der Waals surface area contributed by atoms with E-state index in [1.807, 2.05) is 23.1 Å². The second-order valence-electron chi connectivity index (χ2n) is 7.15. The van der Waals surface area contributed by atoms with Crippen molar-refractivity contribution in [1.29, 1.82) is 0 Å². The summed E-state index contributed by atoms with van der Waals surface area (Å²) in [5, 5.41) is 8.11. The third-order valence-electron chi connectivity index (χ3n) is 5.56. The molecule has 1 atom stereocenters. The van der Waals surface area contributed by atoms with Gasteiger partial charge in [0.2, 0.25) is 5.91 Å². The average Bonchev–Trinajstić information content (AvgIpc) is 3.30. The van der Waals surface area contributed by atoms with Gasteiger partial charge in [-0.3, -0.25) is 14.5 Å². The van der Waals surface area contributed by atoms with Crippen LogP contribution >= 0.6 is 0 Å². The Hall–Kier alpha value is -3.00. The number of carbonyl (C=O) groups is 1. The van der Waals surface area contributed by atoms with Crippen LogP contribution in [-0.2, 0) is 17.9 Å². The quantitative estimate of drug-likeness (QED) is 0.675. The van der Waals surface area contributed by atoms with E-state index < -0.39 is 0 Å². The van der Waals surface area contributed by atoms with Crippen LogP contribution in [0.3, 0.4) is 0 Å². The Balaban J connectivity index is 1.49. The normalized spacial score (nSPS) is 19.7. The molecule has 2 aromatic heterocycles. The molecular formula is C19H20N6O2. The Morgan fingerprint density at radius 1 is 1.19 bits per heavy atom. The highest BCUT2D eigenvalue weighted by Gasteiger charge is 2.33. The van der Waals surface area contributed by atoms with E-state index in [0.717, 1.165) is 37.2 Å². The van der Waals surface area contributed by atoms with Crippen molar-refractivity contribution in [2.24, 2.45) is 0 Å². The van der Waals surface area contributed by atoms with Crippen LogP contribution in [0.4, 0.5) is 5.69 Å². The molecule has 0 spiro atoms. The molecular weight excluding hydrogens is 344 g/mol. The molecule has 1 amide bonds. The molecule has 0 radical (unpaired) electrons. The van der Waals surface area contributed by atoms with Gasteiger partial charge < -0.3 is 4.90 Å². The smallest absolute Gasteiger partial charge is 0.293 e. The van der Waals surface area contributed by atoms with Crippen LogP contribution in [0, 0.1) is 0 Å². The van der Waals surface area contributed by atoms with Crippen molar-refractivity contribution in [3.05, 3.63) is 58.8 Å². The molecule has 1 aromatic carbocycles. The van der Waals surface area contributed by atoms with E-state index in [2.05, 4.69) is 21.2 Å². The first kappa shape index (κ1) is 16.2. The molecule has 27 heavy (non-hydrogen) atoms. The number of carbonyl (C=O) groups excluding carboxylic acids is 1. The van der Waals surface area contributed by atoms with Gasteiger partial charge in [0.1, 0.15) is 18.4 Å². The number of fused-ring (bicyclic) bond motifs is 3. The number of nitrogens with zero attached hydrogens (tertiary/aromatic N) is 6. The Kier molecular flexibility index (Phi) is 3.78. The second kappa shape index (κ2) is 6.31. The molecule has 2 aliphatic rings. The predicted molar refractivity (Wildman–Crippen MR) is 99.5 cm³/mol. The lowest BCUT2D eigenvalue weighted by Gasteiger charge is -2.26. The third-order valence-corrected chi connectivity index (χ3v) is 5.56. The fourth-order valence-corrected chi connectivity index (χ4v) is 4.18. The largest absolute Gasteiger partial charge is 0.309 e. The standard InChI is InChI=1S/C19H20N6O2/c26-18(12-24-19(27)17-7-8-20-25(17)13-21-24)23-11-15-5-3-9-22(15)10-14-4-1-2-6-16(14)23/h1-2,4,6-8,13,15H,3,5,9-12H2. The van der Waals surface area contributed by atoms with Crippen molar-refractivity contribution < 1.29 is 4.79 Å². The monoisotopic (exact) mass is 364 g/mol. The van der Waals surface area contributed by atoms with Crippen molar-refractivity contribution in [2.75, 3.05) is 18.0 Å². The minimum atomic E-state index is -0.311. The van der Waals surface area contributed by atoms with Gasteiger partial charge in [0.15, 0.2) is 0 Å². The van der Waals surface area contributed by atoms with Crippen LogP contribution in [0.15, 0.2) is 47.7 Å². The van der Waals surface area contributed by atoms with Gasteiger partial charge in [-0.2, -0.15) is 10.2 Å². The van der Waals surface area contributed by atoms with Crippen LogP contribution < -0.4 is 10.5 Å². The lowest BCUT2D eigenvalue weighted by atomic mass is 10.1. The fraction of sp³-hybridized carbons (Fsp3) is 0.368. The number of hydrogen-bond donors (Lipinski definition) is 0. The zero-order valence-electron chi connectivity index (χ0n) is 14.9. The molecule has 8 heteroatoms. The molecule has 1 saturated heterocycles. The molecule has 0 N–H and O–H groups in total. The van der Waals surface area contributed by atoms with Gasteiger partial charge in [-0.1, -0.05) is 18.2 Å². The summed E-state index contributed by atoms with van der Waals surface area (Å²) in [5.74, 6) is -0.116. The number of amides is 1. The van der Waals surface area contributed by atoms with Crippen molar-refractivity contribution >= 4 is 17.1 Å². The molecule has 1 unspecified atom stereocenters. The number of aromatic nitrogens is 4. The van der Waals surface area contributed by atoms with Crippen molar-refractivity contribution in [3.63, 3.8) is 0 Å². The van der Waals surface area contributed by atoms with Gasteiger partial charge in [-0.15, -0.1) is 0 Å². The van der Waals surface area contributed by atoms with Crippen LogP contribution in [0.2, 0.25) is 0 Å². The average molecular weight is 364 g/mol. The van der Waals surface area contributed by atoms with Crippen LogP contribution in [0.25, 0.3) is 5.52 Å². The van der Waals surface area contributed by atoms with Gasteiger partial charge in [-0.05, 0) is 37.1 Å². The maximum absolute atomic E-state index is 13.2.